The van der Waals surface area contributed by atoms with Crippen LogP contribution in [0.25, 0.3) is 5.76 Å². The van der Waals surface area contributed by atoms with Gasteiger partial charge >= 0.3 is 0 Å². The highest BCUT2D eigenvalue weighted by Gasteiger charge is 2.47. The Morgan fingerprint density at radius 1 is 1.19 bits per heavy atom. The van der Waals surface area contributed by atoms with E-state index in [2.05, 4.69) is 0 Å². The van der Waals surface area contributed by atoms with Crippen molar-refractivity contribution in [2.45, 2.75) is 46.3 Å². The third-order valence-electron chi connectivity index (χ3n) is 5.39. The number of hydrogen-bond donors (Lipinski definition) is 1. The van der Waals surface area contributed by atoms with Crippen LogP contribution >= 0.6 is 0 Å². The normalized spacial score (nSPS) is 18.2. The maximum Gasteiger partial charge on any atom is 0.295 e. The van der Waals surface area contributed by atoms with Crippen molar-refractivity contribution >= 4 is 17.4 Å². The summed E-state index contributed by atoms with van der Waals surface area (Å²) in [7, 11) is 3.91. The summed E-state index contributed by atoms with van der Waals surface area (Å²) in [5.41, 5.74) is 1.33. The summed E-state index contributed by atoms with van der Waals surface area (Å²) in [6.45, 7) is 8.71. The Balaban J connectivity index is 2.05. The summed E-state index contributed by atoms with van der Waals surface area (Å²) in [6, 6.07) is 8.00. The fraction of sp³-hybridized carbons (Fsp3) is 0.440. The molecule has 0 aliphatic carbocycles. The molecule has 1 unspecified atom stereocenters. The van der Waals surface area contributed by atoms with Crippen molar-refractivity contribution < 1.29 is 23.8 Å². The van der Waals surface area contributed by atoms with Gasteiger partial charge in [0.05, 0.1) is 11.7 Å². The Morgan fingerprint density at radius 3 is 2.47 bits per heavy atom. The molecule has 172 valence electrons. The Morgan fingerprint density at radius 2 is 1.91 bits per heavy atom. The molecule has 2 aromatic rings. The molecule has 0 saturated carbocycles. The van der Waals surface area contributed by atoms with E-state index in [0.717, 1.165) is 12.1 Å². The molecule has 1 aliphatic rings. The fourth-order valence-corrected chi connectivity index (χ4v) is 3.90. The van der Waals surface area contributed by atoms with E-state index in [1.165, 1.54) is 4.90 Å². The monoisotopic (exact) mass is 440 g/mol. The maximum atomic E-state index is 13.0. The number of furan rings is 1. The zero-order valence-corrected chi connectivity index (χ0v) is 19.6. The number of aliphatic hydroxyl groups excluding tert-OH is 1. The number of carbonyl (C=O) groups excluding carboxylic acids is 2. The Kier molecular flexibility index (Phi) is 7.09. The number of amides is 1. The van der Waals surface area contributed by atoms with Crippen molar-refractivity contribution in [3.63, 3.8) is 0 Å². The van der Waals surface area contributed by atoms with Crippen LogP contribution in [0.15, 0.2) is 40.3 Å². The molecule has 1 fully saturated rings. The highest BCUT2D eigenvalue weighted by Crippen LogP contribution is 2.40. The number of carbonyl (C=O) groups is 2. The van der Waals surface area contributed by atoms with Crippen molar-refractivity contribution in [2.75, 3.05) is 27.2 Å². The van der Waals surface area contributed by atoms with Crippen molar-refractivity contribution in [1.29, 1.82) is 0 Å². The van der Waals surface area contributed by atoms with Crippen molar-refractivity contribution in [1.82, 2.24) is 9.80 Å². The van der Waals surface area contributed by atoms with Gasteiger partial charge in [-0.1, -0.05) is 0 Å². The minimum absolute atomic E-state index is 0.0165. The first-order chi connectivity index (χ1) is 15.1. The lowest BCUT2D eigenvalue weighted by Gasteiger charge is -2.24. The fourth-order valence-electron chi connectivity index (χ4n) is 3.90. The van der Waals surface area contributed by atoms with Crippen LogP contribution in [0.5, 0.6) is 5.75 Å². The second kappa shape index (κ2) is 9.61. The summed E-state index contributed by atoms with van der Waals surface area (Å²) in [5.74, 6) is 0.303. The van der Waals surface area contributed by atoms with Gasteiger partial charge < -0.3 is 24.1 Å². The number of aliphatic hydroxyl groups is 1. The van der Waals surface area contributed by atoms with Gasteiger partial charge in [0.2, 0.25) is 0 Å². The van der Waals surface area contributed by atoms with Crippen LogP contribution in [0.3, 0.4) is 0 Å². The van der Waals surface area contributed by atoms with Gasteiger partial charge in [0, 0.05) is 12.1 Å². The molecular formula is C25H32N2O5. The zero-order valence-electron chi connectivity index (χ0n) is 19.6. The molecule has 0 spiro atoms. The molecular weight excluding hydrogens is 408 g/mol. The average Bonchev–Trinajstić information content (AvgIpc) is 3.24. The van der Waals surface area contributed by atoms with Crippen molar-refractivity contribution in [3.8, 4) is 5.75 Å². The number of likely N-dealkylation sites (tertiary alicyclic amines) is 1. The van der Waals surface area contributed by atoms with Gasteiger partial charge in [-0.2, -0.15) is 0 Å². The lowest BCUT2D eigenvalue weighted by Crippen LogP contribution is -2.32. The largest absolute Gasteiger partial charge is 0.507 e. The first kappa shape index (κ1) is 23.6. The van der Waals surface area contributed by atoms with E-state index in [4.69, 9.17) is 9.15 Å². The summed E-state index contributed by atoms with van der Waals surface area (Å²) >= 11 is 0. The topological polar surface area (TPSA) is 83.2 Å². The SMILES string of the molecule is Cc1ccc(C2/C(=C(/O)c3ccc(OC(C)C)c(C)c3)C(=O)C(=O)N2CCCN(C)C)o1. The van der Waals surface area contributed by atoms with Crippen LogP contribution < -0.4 is 4.74 Å². The van der Waals surface area contributed by atoms with Gasteiger partial charge in [-0.3, -0.25) is 9.59 Å². The van der Waals surface area contributed by atoms with E-state index in [9.17, 15) is 14.7 Å². The molecule has 3 rings (SSSR count). The molecule has 0 radical (unpaired) electrons. The van der Waals surface area contributed by atoms with E-state index < -0.39 is 17.7 Å². The summed E-state index contributed by atoms with van der Waals surface area (Å²) in [6.07, 6.45) is 0.708. The number of hydrogen-bond acceptors (Lipinski definition) is 6. The van der Waals surface area contributed by atoms with Crippen LogP contribution in [0.4, 0.5) is 0 Å². The van der Waals surface area contributed by atoms with E-state index in [0.29, 0.717) is 35.8 Å². The molecule has 1 aromatic carbocycles. The molecule has 1 amide bonds. The third-order valence-corrected chi connectivity index (χ3v) is 5.39. The van der Waals surface area contributed by atoms with Crippen LogP contribution in [-0.4, -0.2) is 59.9 Å². The Bertz CT molecular complexity index is 1030. The number of aryl methyl sites for hydroxylation is 2. The smallest absolute Gasteiger partial charge is 0.295 e. The number of nitrogens with zero attached hydrogens (tertiary/aromatic N) is 2. The first-order valence-corrected chi connectivity index (χ1v) is 10.9. The van der Waals surface area contributed by atoms with Crippen LogP contribution in [-0.2, 0) is 9.59 Å². The average molecular weight is 441 g/mol. The number of rotatable bonds is 8. The van der Waals surface area contributed by atoms with E-state index in [1.807, 2.05) is 39.8 Å². The summed E-state index contributed by atoms with van der Waals surface area (Å²) in [4.78, 5) is 29.5. The minimum atomic E-state index is -0.766. The van der Waals surface area contributed by atoms with Crippen molar-refractivity contribution in [2.24, 2.45) is 0 Å². The molecule has 1 aliphatic heterocycles. The number of ketones is 1. The number of benzene rings is 1. The Labute approximate surface area is 189 Å². The van der Waals surface area contributed by atoms with Gasteiger partial charge in [0.25, 0.3) is 11.7 Å². The molecule has 1 aromatic heterocycles. The zero-order chi connectivity index (χ0) is 23.6. The van der Waals surface area contributed by atoms with Gasteiger partial charge in [0.15, 0.2) is 0 Å². The van der Waals surface area contributed by atoms with Crippen LogP contribution in [0.1, 0.15) is 49.0 Å². The molecule has 32 heavy (non-hydrogen) atoms. The molecule has 7 nitrogen and oxygen atoms in total. The molecule has 7 heteroatoms. The minimum Gasteiger partial charge on any atom is -0.507 e. The quantitative estimate of drug-likeness (QED) is 0.379. The second-order valence-corrected chi connectivity index (χ2v) is 8.74. The van der Waals surface area contributed by atoms with Gasteiger partial charge in [-0.05, 0) is 90.7 Å². The van der Waals surface area contributed by atoms with Crippen molar-refractivity contribution in [3.05, 3.63) is 58.6 Å². The summed E-state index contributed by atoms with van der Waals surface area (Å²) < 4.78 is 11.6. The molecule has 2 heterocycles. The lowest BCUT2D eigenvalue weighted by atomic mass is 9.98. The van der Waals surface area contributed by atoms with E-state index >= 15 is 0 Å². The van der Waals surface area contributed by atoms with Crippen LogP contribution in [0, 0.1) is 13.8 Å². The molecule has 1 saturated heterocycles. The standard InChI is InChI=1S/C25H32N2O5/c1-15(2)31-19-11-9-18(14-16(19)3)23(28)21-22(20-10-8-17(4)32-20)27(25(30)24(21)29)13-7-12-26(5)6/h8-11,14-15,22,28H,7,12-13H2,1-6H3/b23-21-. The predicted molar refractivity (Wildman–Crippen MR) is 123 cm³/mol. The predicted octanol–water partition coefficient (Wildman–Crippen LogP) is 4.06. The molecule has 1 N–H and O–H groups in total. The number of Topliss-reactive ketones (excluding diaryl/α,β-unsaturated/α-hetero) is 1. The van der Waals surface area contributed by atoms with E-state index in [-0.39, 0.29) is 17.4 Å². The van der Waals surface area contributed by atoms with Gasteiger partial charge in [0.1, 0.15) is 29.1 Å². The third kappa shape index (κ3) is 4.88. The Hall–Kier alpha value is -3.06. The maximum absolute atomic E-state index is 13.0. The molecule has 1 atom stereocenters. The lowest BCUT2D eigenvalue weighted by molar-refractivity contribution is -0.140. The summed E-state index contributed by atoms with van der Waals surface area (Å²) in [5, 5.41) is 11.2. The van der Waals surface area contributed by atoms with Gasteiger partial charge in [-0.15, -0.1) is 0 Å². The number of ether oxygens (including phenoxy) is 1. The van der Waals surface area contributed by atoms with Crippen LogP contribution in [0.2, 0.25) is 0 Å². The highest BCUT2D eigenvalue weighted by atomic mass is 16.5. The second-order valence-electron chi connectivity index (χ2n) is 8.74. The highest BCUT2D eigenvalue weighted by molar-refractivity contribution is 6.46. The van der Waals surface area contributed by atoms with Gasteiger partial charge in [-0.25, -0.2) is 0 Å². The molecule has 0 bridgehead atoms. The van der Waals surface area contributed by atoms with E-state index in [1.54, 1.807) is 37.3 Å². The first-order valence-electron chi connectivity index (χ1n) is 10.9.